The highest BCUT2D eigenvalue weighted by Crippen LogP contribution is 2.30. The standard InChI is InChI=1S/C15H13N3O3/c1-21-13-8-10(4-7-12(13)20)15-16-14(17-18-15)9-2-5-11(19)6-3-9/h2-8,19-20H,1H3,(H,16,17,18). The van der Waals surface area contributed by atoms with Gasteiger partial charge in [-0.25, -0.2) is 4.98 Å². The van der Waals surface area contributed by atoms with Gasteiger partial charge >= 0.3 is 0 Å². The number of rotatable bonds is 3. The number of nitrogens with one attached hydrogen (secondary N) is 1. The first-order chi connectivity index (χ1) is 10.2. The summed E-state index contributed by atoms with van der Waals surface area (Å²) in [4.78, 5) is 4.40. The normalized spacial score (nSPS) is 10.5. The predicted molar refractivity (Wildman–Crippen MR) is 77.1 cm³/mol. The third kappa shape index (κ3) is 2.51. The van der Waals surface area contributed by atoms with Crippen molar-refractivity contribution in [2.45, 2.75) is 0 Å². The zero-order valence-electron chi connectivity index (χ0n) is 11.2. The number of aromatic nitrogens is 3. The molecule has 0 fully saturated rings. The molecular weight excluding hydrogens is 270 g/mol. The molecule has 0 aliphatic heterocycles. The van der Waals surface area contributed by atoms with Gasteiger partial charge in [-0.3, -0.25) is 5.10 Å². The Bertz CT molecular complexity index is 766. The SMILES string of the molecule is COc1cc(-c2n[nH]c(-c3ccc(O)cc3)n2)ccc1O. The number of benzene rings is 2. The Morgan fingerprint density at radius 1 is 1.00 bits per heavy atom. The minimum atomic E-state index is 0.0653. The van der Waals surface area contributed by atoms with Crippen LogP contribution >= 0.6 is 0 Å². The number of phenolic OH excluding ortho intramolecular Hbond substituents is 2. The van der Waals surface area contributed by atoms with E-state index in [4.69, 9.17) is 4.74 Å². The second-order valence-corrected chi connectivity index (χ2v) is 4.44. The molecular formula is C15H13N3O3. The maximum Gasteiger partial charge on any atom is 0.181 e. The molecule has 0 bridgehead atoms. The van der Waals surface area contributed by atoms with Gasteiger partial charge in [0.05, 0.1) is 7.11 Å². The van der Waals surface area contributed by atoms with E-state index in [1.54, 1.807) is 36.4 Å². The first-order valence-corrected chi connectivity index (χ1v) is 6.26. The fourth-order valence-corrected chi connectivity index (χ4v) is 1.96. The van der Waals surface area contributed by atoms with Crippen molar-refractivity contribution >= 4 is 0 Å². The highest BCUT2D eigenvalue weighted by atomic mass is 16.5. The largest absolute Gasteiger partial charge is 0.508 e. The van der Waals surface area contributed by atoms with E-state index in [1.165, 1.54) is 13.2 Å². The molecule has 3 N–H and O–H groups in total. The fourth-order valence-electron chi connectivity index (χ4n) is 1.96. The maximum atomic E-state index is 9.59. The topological polar surface area (TPSA) is 91.3 Å². The Balaban J connectivity index is 1.96. The first-order valence-electron chi connectivity index (χ1n) is 6.26. The smallest absolute Gasteiger partial charge is 0.181 e. The molecule has 0 amide bonds. The lowest BCUT2D eigenvalue weighted by molar-refractivity contribution is 0.373. The van der Waals surface area contributed by atoms with Crippen molar-refractivity contribution in [3.05, 3.63) is 42.5 Å². The molecule has 3 rings (SSSR count). The lowest BCUT2D eigenvalue weighted by Crippen LogP contribution is -1.86. The van der Waals surface area contributed by atoms with Crippen LogP contribution in [0.2, 0.25) is 0 Å². The lowest BCUT2D eigenvalue weighted by Gasteiger charge is -2.03. The number of hydrogen-bond donors (Lipinski definition) is 3. The average Bonchev–Trinajstić information content (AvgIpc) is 2.98. The van der Waals surface area contributed by atoms with E-state index in [1.807, 2.05) is 0 Å². The maximum absolute atomic E-state index is 9.59. The number of H-pyrrole nitrogens is 1. The molecule has 0 aliphatic carbocycles. The molecule has 0 saturated carbocycles. The number of aromatic amines is 1. The third-order valence-electron chi connectivity index (χ3n) is 3.06. The van der Waals surface area contributed by atoms with Crippen molar-refractivity contribution in [3.8, 4) is 40.0 Å². The summed E-state index contributed by atoms with van der Waals surface area (Å²) in [5.41, 5.74) is 1.54. The number of nitrogens with zero attached hydrogens (tertiary/aromatic N) is 2. The summed E-state index contributed by atoms with van der Waals surface area (Å²) >= 11 is 0. The first kappa shape index (κ1) is 13.0. The molecule has 6 heteroatoms. The van der Waals surface area contributed by atoms with Crippen LogP contribution in [-0.2, 0) is 0 Å². The molecule has 6 nitrogen and oxygen atoms in total. The molecule has 106 valence electrons. The quantitative estimate of drug-likeness (QED) is 0.687. The van der Waals surface area contributed by atoms with Gasteiger partial charge < -0.3 is 14.9 Å². The van der Waals surface area contributed by atoms with Crippen molar-refractivity contribution in [3.63, 3.8) is 0 Å². The van der Waals surface area contributed by atoms with Crippen molar-refractivity contribution in [2.24, 2.45) is 0 Å². The molecule has 0 atom stereocenters. The van der Waals surface area contributed by atoms with E-state index >= 15 is 0 Å². The van der Waals surface area contributed by atoms with Crippen molar-refractivity contribution in [1.29, 1.82) is 0 Å². The van der Waals surface area contributed by atoms with Gasteiger partial charge in [0, 0.05) is 11.1 Å². The summed E-state index contributed by atoms with van der Waals surface area (Å²) in [6, 6.07) is 11.6. The highest BCUT2D eigenvalue weighted by molar-refractivity contribution is 5.64. The summed E-state index contributed by atoms with van der Waals surface area (Å²) in [5, 5.41) is 25.9. The molecule has 0 unspecified atom stereocenters. The average molecular weight is 283 g/mol. The monoisotopic (exact) mass is 283 g/mol. The predicted octanol–water partition coefficient (Wildman–Crippen LogP) is 2.56. The van der Waals surface area contributed by atoms with Crippen LogP contribution in [0.1, 0.15) is 0 Å². The van der Waals surface area contributed by atoms with E-state index < -0.39 is 0 Å². The van der Waals surface area contributed by atoms with Crippen molar-refractivity contribution in [2.75, 3.05) is 7.11 Å². The summed E-state index contributed by atoms with van der Waals surface area (Å²) < 4.78 is 5.07. The highest BCUT2D eigenvalue weighted by Gasteiger charge is 2.10. The van der Waals surface area contributed by atoms with Gasteiger partial charge in [0.1, 0.15) is 5.75 Å². The molecule has 2 aromatic carbocycles. The van der Waals surface area contributed by atoms with Gasteiger partial charge in [0.2, 0.25) is 0 Å². The molecule has 1 heterocycles. The summed E-state index contributed by atoms with van der Waals surface area (Å²) in [6.07, 6.45) is 0. The minimum Gasteiger partial charge on any atom is -0.508 e. The van der Waals surface area contributed by atoms with E-state index in [2.05, 4.69) is 15.2 Å². The van der Waals surface area contributed by atoms with Crippen molar-refractivity contribution in [1.82, 2.24) is 15.2 Å². The molecule has 3 aromatic rings. The molecule has 0 saturated heterocycles. The summed E-state index contributed by atoms with van der Waals surface area (Å²) in [6.45, 7) is 0. The van der Waals surface area contributed by atoms with Crippen LogP contribution in [-0.4, -0.2) is 32.5 Å². The van der Waals surface area contributed by atoms with E-state index in [0.717, 1.165) is 11.1 Å². The minimum absolute atomic E-state index is 0.0653. The lowest BCUT2D eigenvalue weighted by atomic mass is 10.2. The Morgan fingerprint density at radius 3 is 2.43 bits per heavy atom. The second kappa shape index (κ2) is 5.16. The zero-order chi connectivity index (χ0) is 14.8. The van der Waals surface area contributed by atoms with Crippen LogP contribution in [0.4, 0.5) is 0 Å². The van der Waals surface area contributed by atoms with Crippen LogP contribution in [0.5, 0.6) is 17.2 Å². The summed E-state index contributed by atoms with van der Waals surface area (Å²) in [5.74, 6) is 1.72. The van der Waals surface area contributed by atoms with Gasteiger partial charge in [-0.15, -0.1) is 0 Å². The Labute approximate surface area is 120 Å². The van der Waals surface area contributed by atoms with Gasteiger partial charge in [-0.05, 0) is 42.5 Å². The Hall–Kier alpha value is -3.02. The Kier molecular flexibility index (Phi) is 3.19. The number of aromatic hydroxyl groups is 2. The third-order valence-corrected chi connectivity index (χ3v) is 3.06. The van der Waals surface area contributed by atoms with Crippen molar-refractivity contribution < 1.29 is 14.9 Å². The fraction of sp³-hybridized carbons (Fsp3) is 0.0667. The molecule has 21 heavy (non-hydrogen) atoms. The molecule has 0 radical (unpaired) electrons. The molecule has 0 aliphatic rings. The van der Waals surface area contributed by atoms with Gasteiger partial charge in [0.15, 0.2) is 23.1 Å². The second-order valence-electron chi connectivity index (χ2n) is 4.44. The number of ether oxygens (including phenoxy) is 1. The number of methoxy groups -OCH3 is 1. The Morgan fingerprint density at radius 2 is 1.71 bits per heavy atom. The number of phenols is 2. The van der Waals surface area contributed by atoms with E-state index in [-0.39, 0.29) is 11.5 Å². The van der Waals surface area contributed by atoms with Gasteiger partial charge in [-0.1, -0.05) is 0 Å². The molecule has 0 spiro atoms. The van der Waals surface area contributed by atoms with Crippen LogP contribution in [0.25, 0.3) is 22.8 Å². The zero-order valence-corrected chi connectivity index (χ0v) is 11.2. The summed E-state index contributed by atoms with van der Waals surface area (Å²) in [7, 11) is 1.48. The van der Waals surface area contributed by atoms with E-state index in [0.29, 0.717) is 17.4 Å². The van der Waals surface area contributed by atoms with Gasteiger partial charge in [0.25, 0.3) is 0 Å². The molecule has 1 aromatic heterocycles. The van der Waals surface area contributed by atoms with Gasteiger partial charge in [-0.2, -0.15) is 5.10 Å². The van der Waals surface area contributed by atoms with E-state index in [9.17, 15) is 10.2 Å². The van der Waals surface area contributed by atoms with Crippen LogP contribution in [0.3, 0.4) is 0 Å². The van der Waals surface area contributed by atoms with Crippen LogP contribution in [0, 0.1) is 0 Å². The van der Waals surface area contributed by atoms with Crippen LogP contribution in [0.15, 0.2) is 42.5 Å². The number of hydrogen-bond acceptors (Lipinski definition) is 5. The van der Waals surface area contributed by atoms with Crippen LogP contribution < -0.4 is 4.74 Å².